The van der Waals surface area contributed by atoms with Crippen molar-refractivity contribution in [3.63, 3.8) is 0 Å². The maximum absolute atomic E-state index is 12.8. The monoisotopic (exact) mass is 375 g/mol. The molecule has 1 aliphatic heterocycles. The highest BCUT2D eigenvalue weighted by Crippen LogP contribution is 2.33. The maximum Gasteiger partial charge on any atom is 0.254 e. The van der Waals surface area contributed by atoms with Crippen molar-refractivity contribution < 1.29 is 4.79 Å². The Morgan fingerprint density at radius 1 is 1.40 bits per heavy atom. The minimum absolute atomic E-state index is 0.0580. The number of carbonyl (C=O) groups is 1. The SMILES string of the molecule is CSc1nc(C)c(CCC(=O)N2CCCSc3ccccc32)c(=O)[nH]1. The third-order valence-electron chi connectivity index (χ3n) is 4.22. The van der Waals surface area contributed by atoms with Crippen molar-refractivity contribution >= 4 is 35.1 Å². The average molecular weight is 376 g/mol. The van der Waals surface area contributed by atoms with Gasteiger partial charge in [-0.2, -0.15) is 0 Å². The zero-order chi connectivity index (χ0) is 17.8. The fourth-order valence-electron chi connectivity index (χ4n) is 2.93. The molecule has 0 bridgehead atoms. The van der Waals surface area contributed by atoms with Crippen molar-refractivity contribution in [1.82, 2.24) is 9.97 Å². The summed E-state index contributed by atoms with van der Waals surface area (Å²) in [5, 5.41) is 0.607. The van der Waals surface area contributed by atoms with Crippen LogP contribution in [0, 0.1) is 6.92 Å². The van der Waals surface area contributed by atoms with Crippen molar-refractivity contribution in [3.05, 3.63) is 45.9 Å². The molecule has 0 saturated heterocycles. The summed E-state index contributed by atoms with van der Waals surface area (Å²) < 4.78 is 0. The number of fused-ring (bicyclic) bond motifs is 1. The molecule has 3 rings (SSSR count). The second-order valence-electron chi connectivity index (χ2n) is 5.85. The Morgan fingerprint density at radius 2 is 2.20 bits per heavy atom. The zero-order valence-corrected chi connectivity index (χ0v) is 16.0. The first-order valence-corrected chi connectivity index (χ1v) is 10.5. The van der Waals surface area contributed by atoms with Gasteiger partial charge in [0.2, 0.25) is 5.91 Å². The van der Waals surface area contributed by atoms with Gasteiger partial charge in [0.25, 0.3) is 5.56 Å². The van der Waals surface area contributed by atoms with Crippen LogP contribution in [-0.4, -0.2) is 34.4 Å². The van der Waals surface area contributed by atoms with Crippen LogP contribution in [0.3, 0.4) is 0 Å². The molecule has 0 atom stereocenters. The molecule has 1 aliphatic rings. The Kier molecular flexibility index (Phi) is 5.86. The molecular formula is C18H21N3O2S2. The summed E-state index contributed by atoms with van der Waals surface area (Å²) in [5.74, 6) is 1.07. The first-order valence-electron chi connectivity index (χ1n) is 8.26. The van der Waals surface area contributed by atoms with Crippen molar-refractivity contribution in [2.45, 2.75) is 36.2 Å². The molecule has 2 aromatic rings. The van der Waals surface area contributed by atoms with Crippen LogP contribution in [0.5, 0.6) is 0 Å². The smallest absolute Gasteiger partial charge is 0.254 e. The third-order valence-corrected chi connectivity index (χ3v) is 5.95. The summed E-state index contributed by atoms with van der Waals surface area (Å²) >= 11 is 3.20. The van der Waals surface area contributed by atoms with Crippen LogP contribution in [-0.2, 0) is 11.2 Å². The molecule has 132 valence electrons. The van der Waals surface area contributed by atoms with Gasteiger partial charge in [0, 0.05) is 29.1 Å². The number of aromatic amines is 1. The first-order chi connectivity index (χ1) is 12.1. The van der Waals surface area contributed by atoms with Gasteiger partial charge < -0.3 is 9.88 Å². The highest BCUT2D eigenvalue weighted by atomic mass is 32.2. The van der Waals surface area contributed by atoms with Crippen LogP contribution in [0.2, 0.25) is 0 Å². The first kappa shape index (κ1) is 18.1. The Balaban J connectivity index is 1.76. The van der Waals surface area contributed by atoms with Gasteiger partial charge in [-0.15, -0.1) is 11.8 Å². The van der Waals surface area contributed by atoms with E-state index in [1.807, 2.05) is 36.3 Å². The zero-order valence-electron chi connectivity index (χ0n) is 14.4. The van der Waals surface area contributed by atoms with Gasteiger partial charge in [0.15, 0.2) is 5.16 Å². The minimum Gasteiger partial charge on any atom is -0.311 e. The lowest BCUT2D eigenvalue weighted by Gasteiger charge is -2.22. The lowest BCUT2D eigenvalue weighted by atomic mass is 10.1. The molecule has 0 spiro atoms. The van der Waals surface area contributed by atoms with Crippen LogP contribution >= 0.6 is 23.5 Å². The number of thioether (sulfide) groups is 2. The number of nitrogens with zero attached hydrogens (tertiary/aromatic N) is 2. The van der Waals surface area contributed by atoms with E-state index in [-0.39, 0.29) is 11.5 Å². The van der Waals surface area contributed by atoms with E-state index in [9.17, 15) is 9.59 Å². The molecular weight excluding hydrogens is 354 g/mol. The molecule has 1 aromatic heterocycles. The number of amides is 1. The average Bonchev–Trinajstić information content (AvgIpc) is 2.83. The molecule has 0 unspecified atom stereocenters. The number of H-pyrrole nitrogens is 1. The summed E-state index contributed by atoms with van der Waals surface area (Å²) in [6.07, 6.45) is 3.56. The number of carbonyl (C=O) groups excluding carboxylic acids is 1. The highest BCUT2D eigenvalue weighted by Gasteiger charge is 2.21. The molecule has 0 radical (unpaired) electrons. The van der Waals surface area contributed by atoms with Gasteiger partial charge in [0.05, 0.1) is 5.69 Å². The van der Waals surface area contributed by atoms with E-state index in [1.54, 1.807) is 11.8 Å². The fourth-order valence-corrected chi connectivity index (χ4v) is 4.35. The highest BCUT2D eigenvalue weighted by molar-refractivity contribution is 7.99. The Hall–Kier alpha value is -1.73. The number of hydrogen-bond acceptors (Lipinski definition) is 5. The summed E-state index contributed by atoms with van der Waals surface area (Å²) in [5.41, 5.74) is 2.14. The molecule has 0 aliphatic carbocycles. The molecule has 0 fully saturated rings. The number of hydrogen-bond donors (Lipinski definition) is 1. The Morgan fingerprint density at radius 3 is 2.96 bits per heavy atom. The molecule has 5 nitrogen and oxygen atoms in total. The van der Waals surface area contributed by atoms with Gasteiger partial charge in [-0.25, -0.2) is 4.98 Å². The molecule has 2 heterocycles. The Labute approximate surface area is 155 Å². The van der Waals surface area contributed by atoms with E-state index < -0.39 is 0 Å². The van der Waals surface area contributed by atoms with Crippen LogP contribution in [0.4, 0.5) is 5.69 Å². The van der Waals surface area contributed by atoms with Crippen molar-refractivity contribution in [1.29, 1.82) is 0 Å². The Bertz CT molecular complexity index is 835. The van der Waals surface area contributed by atoms with E-state index in [4.69, 9.17) is 0 Å². The van der Waals surface area contributed by atoms with Crippen LogP contribution in [0.1, 0.15) is 24.1 Å². The minimum atomic E-state index is -0.142. The fraction of sp³-hybridized carbons (Fsp3) is 0.389. The molecule has 7 heteroatoms. The summed E-state index contributed by atoms with van der Waals surface area (Å²) in [6, 6.07) is 8.02. The number of aromatic nitrogens is 2. The molecule has 1 amide bonds. The standard InChI is InChI=1S/C18H21N3O2S2/c1-12-13(17(23)20-18(19-12)24-2)8-9-16(22)21-10-5-11-25-15-7-4-3-6-14(15)21/h3-4,6-7H,5,8-11H2,1-2H3,(H,19,20,23). The third kappa shape index (κ3) is 4.10. The van der Waals surface area contributed by atoms with Crippen molar-refractivity contribution in [3.8, 4) is 0 Å². The van der Waals surface area contributed by atoms with Gasteiger partial charge in [0.1, 0.15) is 0 Å². The number of benzene rings is 1. The summed E-state index contributed by atoms with van der Waals surface area (Å²) in [4.78, 5) is 35.2. The summed E-state index contributed by atoms with van der Waals surface area (Å²) in [6.45, 7) is 2.55. The van der Waals surface area contributed by atoms with E-state index in [0.29, 0.717) is 29.3 Å². The lowest BCUT2D eigenvalue weighted by molar-refractivity contribution is -0.118. The number of anilines is 1. The van der Waals surface area contributed by atoms with Crippen LogP contribution in [0.25, 0.3) is 0 Å². The molecule has 25 heavy (non-hydrogen) atoms. The van der Waals surface area contributed by atoms with Gasteiger partial charge in [-0.1, -0.05) is 23.9 Å². The van der Waals surface area contributed by atoms with Gasteiger partial charge >= 0.3 is 0 Å². The quantitative estimate of drug-likeness (QED) is 0.656. The number of aryl methyl sites for hydroxylation is 1. The molecule has 1 N–H and O–H groups in total. The largest absolute Gasteiger partial charge is 0.311 e. The second kappa shape index (κ2) is 8.10. The number of nitrogens with one attached hydrogen (secondary N) is 1. The normalized spacial score (nSPS) is 14.1. The molecule has 1 aromatic carbocycles. The second-order valence-corrected chi connectivity index (χ2v) is 7.79. The topological polar surface area (TPSA) is 66.1 Å². The van der Waals surface area contributed by atoms with Crippen LogP contribution in [0.15, 0.2) is 39.1 Å². The van der Waals surface area contributed by atoms with E-state index in [2.05, 4.69) is 16.0 Å². The summed E-state index contributed by atoms with van der Waals surface area (Å²) in [7, 11) is 0. The van der Waals surface area contributed by atoms with Crippen molar-refractivity contribution in [2.24, 2.45) is 0 Å². The van der Waals surface area contributed by atoms with Crippen LogP contribution < -0.4 is 10.5 Å². The maximum atomic E-state index is 12.8. The van der Waals surface area contributed by atoms with Gasteiger partial charge in [-0.05, 0) is 43.9 Å². The van der Waals surface area contributed by atoms with E-state index in [1.165, 1.54) is 11.8 Å². The molecule has 0 saturated carbocycles. The number of para-hydroxylation sites is 1. The van der Waals surface area contributed by atoms with Gasteiger partial charge in [-0.3, -0.25) is 9.59 Å². The lowest BCUT2D eigenvalue weighted by Crippen LogP contribution is -2.32. The van der Waals surface area contributed by atoms with E-state index >= 15 is 0 Å². The van der Waals surface area contributed by atoms with E-state index in [0.717, 1.165) is 29.3 Å². The van der Waals surface area contributed by atoms with Crippen molar-refractivity contribution in [2.75, 3.05) is 23.5 Å². The number of rotatable bonds is 4. The predicted molar refractivity (Wildman–Crippen MR) is 104 cm³/mol. The predicted octanol–water partition coefficient (Wildman–Crippen LogP) is 3.26.